The summed E-state index contributed by atoms with van der Waals surface area (Å²) in [4.78, 5) is 13.2. The summed E-state index contributed by atoms with van der Waals surface area (Å²) in [6.07, 6.45) is 2.20. The quantitative estimate of drug-likeness (QED) is 0.731. The van der Waals surface area contributed by atoms with Crippen molar-refractivity contribution in [2.45, 2.75) is 18.9 Å². The van der Waals surface area contributed by atoms with Gasteiger partial charge < -0.3 is 10.6 Å². The van der Waals surface area contributed by atoms with Crippen LogP contribution in [0.15, 0.2) is 30.3 Å². The van der Waals surface area contributed by atoms with Crippen molar-refractivity contribution in [1.82, 2.24) is 10.6 Å². The smallest absolute Gasteiger partial charge is 0.261 e. The Hall–Kier alpha value is -1.14. The van der Waals surface area contributed by atoms with Gasteiger partial charge in [-0.15, -0.1) is 35.1 Å². The first-order chi connectivity index (χ1) is 10.3. The minimum absolute atomic E-state index is 0. The van der Waals surface area contributed by atoms with Gasteiger partial charge in [0, 0.05) is 27.4 Å². The van der Waals surface area contributed by atoms with Crippen molar-refractivity contribution < 1.29 is 4.79 Å². The molecule has 0 radical (unpaired) electrons. The minimum atomic E-state index is 0. The van der Waals surface area contributed by atoms with E-state index in [1.165, 1.54) is 19.5 Å². The van der Waals surface area contributed by atoms with E-state index in [2.05, 4.69) is 34.9 Å². The molecular weight excluding hydrogens is 336 g/mol. The van der Waals surface area contributed by atoms with E-state index in [0.29, 0.717) is 0 Å². The third-order valence-electron chi connectivity index (χ3n) is 3.91. The second-order valence-electron chi connectivity index (χ2n) is 5.42. The zero-order valence-electron chi connectivity index (χ0n) is 11.9. The molecular formula is C16H17ClN2OS2. The molecule has 116 valence electrons. The topological polar surface area (TPSA) is 41.1 Å². The lowest BCUT2D eigenvalue weighted by Gasteiger charge is -2.23. The Balaban J connectivity index is 0.00000144. The molecule has 1 amide bonds. The van der Waals surface area contributed by atoms with Crippen molar-refractivity contribution in [1.29, 1.82) is 0 Å². The number of hydrogen-bond acceptors (Lipinski definition) is 4. The molecule has 0 spiro atoms. The van der Waals surface area contributed by atoms with Crippen LogP contribution in [0.5, 0.6) is 0 Å². The second kappa shape index (κ2) is 6.54. The Labute approximate surface area is 143 Å². The maximum absolute atomic E-state index is 12.4. The Morgan fingerprint density at radius 2 is 2.09 bits per heavy atom. The molecule has 0 bridgehead atoms. The SMILES string of the molecule is Cl.O=C(N[C@H]1CCCNC1)c1cc2sc3ccccc3c2s1. The average molecular weight is 353 g/mol. The first-order valence-corrected chi connectivity index (χ1v) is 8.87. The van der Waals surface area contributed by atoms with Crippen molar-refractivity contribution in [3.8, 4) is 0 Å². The third-order valence-corrected chi connectivity index (χ3v) is 6.32. The molecule has 22 heavy (non-hydrogen) atoms. The summed E-state index contributed by atoms with van der Waals surface area (Å²) in [5.74, 6) is 0.0705. The summed E-state index contributed by atoms with van der Waals surface area (Å²) in [6.45, 7) is 1.95. The van der Waals surface area contributed by atoms with Crippen molar-refractivity contribution in [3.05, 3.63) is 35.2 Å². The average Bonchev–Trinajstić information content (AvgIpc) is 3.06. The maximum atomic E-state index is 12.4. The van der Waals surface area contributed by atoms with Crippen LogP contribution in [0.2, 0.25) is 0 Å². The molecule has 3 aromatic rings. The molecule has 0 aliphatic carbocycles. The molecule has 2 aromatic heterocycles. The van der Waals surface area contributed by atoms with Crippen LogP contribution in [-0.4, -0.2) is 25.0 Å². The fourth-order valence-corrected chi connectivity index (χ4v) is 5.27. The van der Waals surface area contributed by atoms with Crippen LogP contribution in [0.25, 0.3) is 19.5 Å². The van der Waals surface area contributed by atoms with E-state index >= 15 is 0 Å². The maximum Gasteiger partial charge on any atom is 0.261 e. The summed E-state index contributed by atoms with van der Waals surface area (Å²) >= 11 is 3.37. The first kappa shape index (κ1) is 15.7. The molecule has 1 aliphatic heterocycles. The summed E-state index contributed by atoms with van der Waals surface area (Å²) in [6, 6.07) is 10.7. The number of benzene rings is 1. The number of carbonyl (C=O) groups is 1. The molecule has 0 saturated carbocycles. The lowest BCUT2D eigenvalue weighted by Crippen LogP contribution is -2.45. The third kappa shape index (κ3) is 2.86. The monoisotopic (exact) mass is 352 g/mol. The highest BCUT2D eigenvalue weighted by Gasteiger charge is 2.19. The molecule has 1 saturated heterocycles. The first-order valence-electron chi connectivity index (χ1n) is 7.24. The molecule has 0 unspecified atom stereocenters. The predicted octanol–water partition coefficient (Wildman–Crippen LogP) is 4.02. The summed E-state index contributed by atoms with van der Waals surface area (Å²) in [5.41, 5.74) is 0. The van der Waals surface area contributed by atoms with Gasteiger partial charge in [-0.2, -0.15) is 0 Å². The van der Waals surface area contributed by atoms with E-state index in [-0.39, 0.29) is 24.4 Å². The Morgan fingerprint density at radius 1 is 1.23 bits per heavy atom. The Morgan fingerprint density at radius 3 is 2.91 bits per heavy atom. The number of thiophene rings is 2. The summed E-state index contributed by atoms with van der Waals surface area (Å²) in [7, 11) is 0. The number of amides is 1. The van der Waals surface area contributed by atoms with E-state index < -0.39 is 0 Å². The lowest BCUT2D eigenvalue weighted by molar-refractivity contribution is 0.0935. The second-order valence-corrected chi connectivity index (χ2v) is 7.55. The van der Waals surface area contributed by atoms with Crippen LogP contribution < -0.4 is 10.6 Å². The highest BCUT2D eigenvalue weighted by atomic mass is 35.5. The van der Waals surface area contributed by atoms with Crippen molar-refractivity contribution in [2.24, 2.45) is 0 Å². The molecule has 3 heterocycles. The van der Waals surface area contributed by atoms with Gasteiger partial charge in [-0.3, -0.25) is 4.79 Å². The largest absolute Gasteiger partial charge is 0.347 e. The molecule has 4 rings (SSSR count). The van der Waals surface area contributed by atoms with Crippen LogP contribution in [0, 0.1) is 0 Å². The van der Waals surface area contributed by atoms with Crippen molar-refractivity contribution in [3.63, 3.8) is 0 Å². The molecule has 2 N–H and O–H groups in total. The van der Waals surface area contributed by atoms with Crippen molar-refractivity contribution >= 4 is 60.5 Å². The van der Waals surface area contributed by atoms with Gasteiger partial charge in [0.05, 0.1) is 9.58 Å². The summed E-state index contributed by atoms with van der Waals surface area (Å²) in [5, 5.41) is 7.74. The van der Waals surface area contributed by atoms with E-state index in [1.807, 2.05) is 6.07 Å². The van der Waals surface area contributed by atoms with E-state index in [1.54, 1.807) is 22.7 Å². The number of halogens is 1. The van der Waals surface area contributed by atoms with Crippen molar-refractivity contribution in [2.75, 3.05) is 13.1 Å². The van der Waals surface area contributed by atoms with Crippen LogP contribution in [0.1, 0.15) is 22.5 Å². The Kier molecular flexibility index (Phi) is 4.68. The molecule has 1 aliphatic rings. The van der Waals surface area contributed by atoms with Crippen LogP contribution in [-0.2, 0) is 0 Å². The van der Waals surface area contributed by atoms with Gasteiger partial charge in [-0.25, -0.2) is 0 Å². The van der Waals surface area contributed by atoms with Crippen LogP contribution >= 0.6 is 35.1 Å². The molecule has 1 atom stereocenters. The summed E-state index contributed by atoms with van der Waals surface area (Å²) < 4.78 is 3.75. The van der Waals surface area contributed by atoms with Gasteiger partial charge in [0.1, 0.15) is 0 Å². The highest BCUT2D eigenvalue weighted by molar-refractivity contribution is 7.33. The van der Waals surface area contributed by atoms with E-state index in [9.17, 15) is 4.79 Å². The minimum Gasteiger partial charge on any atom is -0.347 e. The highest BCUT2D eigenvalue weighted by Crippen LogP contribution is 2.39. The molecule has 1 aromatic carbocycles. The number of rotatable bonds is 2. The zero-order valence-corrected chi connectivity index (χ0v) is 14.4. The normalized spacial score (nSPS) is 18.3. The van der Waals surface area contributed by atoms with Gasteiger partial charge in [0.2, 0.25) is 0 Å². The number of hydrogen-bond donors (Lipinski definition) is 2. The number of nitrogens with one attached hydrogen (secondary N) is 2. The zero-order chi connectivity index (χ0) is 14.2. The van der Waals surface area contributed by atoms with Gasteiger partial charge >= 0.3 is 0 Å². The number of piperidine rings is 1. The molecule has 6 heteroatoms. The number of fused-ring (bicyclic) bond motifs is 3. The van der Waals surface area contributed by atoms with Crippen LogP contribution in [0.4, 0.5) is 0 Å². The predicted molar refractivity (Wildman–Crippen MR) is 97.8 cm³/mol. The lowest BCUT2D eigenvalue weighted by atomic mass is 10.1. The van der Waals surface area contributed by atoms with Crippen LogP contribution in [0.3, 0.4) is 0 Å². The standard InChI is InChI=1S/C16H16N2OS2.ClH/c19-16(18-10-4-3-7-17-9-10)14-8-13-15(21-14)11-5-1-2-6-12(11)20-13;/h1-2,5-6,8,10,17H,3-4,7,9H2,(H,18,19);1H/t10-;/m0./s1. The number of carbonyl (C=O) groups excluding carboxylic acids is 1. The molecule has 3 nitrogen and oxygen atoms in total. The van der Waals surface area contributed by atoms with Gasteiger partial charge in [0.25, 0.3) is 5.91 Å². The van der Waals surface area contributed by atoms with Gasteiger partial charge in [-0.1, -0.05) is 18.2 Å². The fraction of sp³-hybridized carbons (Fsp3) is 0.312. The Bertz CT molecular complexity index is 805. The van der Waals surface area contributed by atoms with E-state index in [4.69, 9.17) is 0 Å². The molecule has 1 fully saturated rings. The van der Waals surface area contributed by atoms with Gasteiger partial charge in [-0.05, 0) is 31.5 Å². The van der Waals surface area contributed by atoms with E-state index in [0.717, 1.165) is 30.8 Å². The van der Waals surface area contributed by atoms with Gasteiger partial charge in [0.15, 0.2) is 0 Å². The fourth-order valence-electron chi connectivity index (χ4n) is 2.84.